The highest BCUT2D eigenvalue weighted by molar-refractivity contribution is 5.79. The van der Waals surface area contributed by atoms with E-state index in [0.717, 1.165) is 24.3 Å². The standard InChI is InChI=1S/C14H20N2O3/c1-18-11-4-6-12(7-5-11)19-9-8-13(14(15)17)16-10-2-3-10/h4-7,10,13,16H,2-3,8-9H2,1H3,(H2,15,17). The number of hydrogen-bond donors (Lipinski definition) is 2. The second kappa shape index (κ2) is 6.43. The number of methoxy groups -OCH3 is 1. The van der Waals surface area contributed by atoms with Crippen molar-refractivity contribution >= 4 is 5.91 Å². The van der Waals surface area contributed by atoms with Crippen LogP contribution >= 0.6 is 0 Å². The van der Waals surface area contributed by atoms with Gasteiger partial charge in [0.05, 0.1) is 19.8 Å². The molecule has 0 spiro atoms. The van der Waals surface area contributed by atoms with Gasteiger partial charge in [0.1, 0.15) is 11.5 Å². The van der Waals surface area contributed by atoms with E-state index >= 15 is 0 Å². The zero-order chi connectivity index (χ0) is 13.7. The number of nitrogens with one attached hydrogen (secondary N) is 1. The van der Waals surface area contributed by atoms with Gasteiger partial charge in [0, 0.05) is 12.5 Å². The fourth-order valence-corrected chi connectivity index (χ4v) is 1.81. The molecule has 5 heteroatoms. The summed E-state index contributed by atoms with van der Waals surface area (Å²) in [5.74, 6) is 1.23. The molecule has 1 atom stereocenters. The topological polar surface area (TPSA) is 73.6 Å². The fourth-order valence-electron chi connectivity index (χ4n) is 1.81. The molecule has 1 unspecified atom stereocenters. The third kappa shape index (κ3) is 4.44. The molecule has 3 N–H and O–H groups in total. The van der Waals surface area contributed by atoms with Gasteiger partial charge in [0.15, 0.2) is 0 Å². The lowest BCUT2D eigenvalue weighted by Crippen LogP contribution is -2.43. The maximum atomic E-state index is 11.3. The van der Waals surface area contributed by atoms with E-state index in [-0.39, 0.29) is 11.9 Å². The van der Waals surface area contributed by atoms with Crippen LogP contribution in [-0.4, -0.2) is 31.7 Å². The summed E-state index contributed by atoms with van der Waals surface area (Å²) in [6, 6.07) is 7.51. The van der Waals surface area contributed by atoms with Crippen LogP contribution < -0.4 is 20.5 Å². The molecule has 0 radical (unpaired) electrons. The van der Waals surface area contributed by atoms with E-state index in [4.69, 9.17) is 15.2 Å². The maximum Gasteiger partial charge on any atom is 0.234 e. The zero-order valence-corrected chi connectivity index (χ0v) is 11.1. The summed E-state index contributed by atoms with van der Waals surface area (Å²) >= 11 is 0. The van der Waals surface area contributed by atoms with Crippen LogP contribution in [0.4, 0.5) is 0 Å². The minimum absolute atomic E-state index is 0.300. The van der Waals surface area contributed by atoms with Crippen molar-refractivity contribution in [2.24, 2.45) is 5.73 Å². The second-order valence-electron chi connectivity index (χ2n) is 4.71. The van der Waals surface area contributed by atoms with Gasteiger partial charge in [-0.1, -0.05) is 0 Å². The predicted octanol–water partition coefficient (Wildman–Crippen LogP) is 1.07. The number of hydrogen-bond acceptors (Lipinski definition) is 4. The number of ether oxygens (including phenoxy) is 2. The van der Waals surface area contributed by atoms with E-state index in [1.54, 1.807) is 7.11 Å². The Morgan fingerprint density at radius 3 is 2.53 bits per heavy atom. The van der Waals surface area contributed by atoms with Crippen LogP contribution in [0.3, 0.4) is 0 Å². The molecule has 1 aromatic carbocycles. The molecular weight excluding hydrogens is 244 g/mol. The Bertz CT molecular complexity index is 415. The highest BCUT2D eigenvalue weighted by Crippen LogP contribution is 2.20. The number of nitrogens with two attached hydrogens (primary N) is 1. The monoisotopic (exact) mass is 264 g/mol. The highest BCUT2D eigenvalue weighted by Gasteiger charge is 2.26. The number of carbonyl (C=O) groups is 1. The van der Waals surface area contributed by atoms with Crippen LogP contribution in [-0.2, 0) is 4.79 Å². The quantitative estimate of drug-likeness (QED) is 0.736. The highest BCUT2D eigenvalue weighted by atomic mass is 16.5. The first-order valence-electron chi connectivity index (χ1n) is 6.51. The van der Waals surface area contributed by atoms with Crippen molar-refractivity contribution < 1.29 is 14.3 Å². The molecule has 0 heterocycles. The second-order valence-corrected chi connectivity index (χ2v) is 4.71. The third-order valence-corrected chi connectivity index (χ3v) is 3.09. The Morgan fingerprint density at radius 1 is 1.37 bits per heavy atom. The molecule has 1 aliphatic carbocycles. The van der Waals surface area contributed by atoms with E-state index in [1.165, 1.54) is 0 Å². The first kappa shape index (κ1) is 13.7. The molecule has 5 nitrogen and oxygen atoms in total. The minimum Gasteiger partial charge on any atom is -0.497 e. The summed E-state index contributed by atoms with van der Waals surface area (Å²) in [6.07, 6.45) is 2.84. The van der Waals surface area contributed by atoms with Gasteiger partial charge in [-0.3, -0.25) is 4.79 Å². The lowest BCUT2D eigenvalue weighted by atomic mass is 10.2. The van der Waals surface area contributed by atoms with E-state index < -0.39 is 0 Å². The first-order valence-corrected chi connectivity index (χ1v) is 6.51. The predicted molar refractivity (Wildman–Crippen MR) is 72.2 cm³/mol. The van der Waals surface area contributed by atoms with Crippen LogP contribution in [0.25, 0.3) is 0 Å². The summed E-state index contributed by atoms with van der Waals surface area (Å²) in [6.45, 7) is 0.458. The Labute approximate surface area is 113 Å². The molecule has 1 aliphatic rings. The van der Waals surface area contributed by atoms with Crippen molar-refractivity contribution in [1.82, 2.24) is 5.32 Å². The van der Waals surface area contributed by atoms with Gasteiger partial charge in [-0.25, -0.2) is 0 Å². The molecule has 104 valence electrons. The number of carbonyl (C=O) groups excluding carboxylic acids is 1. The SMILES string of the molecule is COc1ccc(OCCC(NC2CC2)C(N)=O)cc1. The van der Waals surface area contributed by atoms with Crippen molar-refractivity contribution in [1.29, 1.82) is 0 Å². The van der Waals surface area contributed by atoms with Crippen molar-refractivity contribution in [3.05, 3.63) is 24.3 Å². The molecule has 0 aromatic heterocycles. The van der Waals surface area contributed by atoms with E-state index in [2.05, 4.69) is 5.32 Å². The minimum atomic E-state index is -0.315. The van der Waals surface area contributed by atoms with Crippen molar-refractivity contribution in [3.63, 3.8) is 0 Å². The molecule has 1 fully saturated rings. The molecule has 19 heavy (non-hydrogen) atoms. The lowest BCUT2D eigenvalue weighted by Gasteiger charge is -2.15. The summed E-state index contributed by atoms with van der Waals surface area (Å²) in [7, 11) is 1.62. The lowest BCUT2D eigenvalue weighted by molar-refractivity contribution is -0.120. The van der Waals surface area contributed by atoms with Gasteiger partial charge in [-0.05, 0) is 37.1 Å². The molecule has 0 bridgehead atoms. The van der Waals surface area contributed by atoms with Crippen molar-refractivity contribution in [2.45, 2.75) is 31.3 Å². The van der Waals surface area contributed by atoms with Gasteiger partial charge in [-0.2, -0.15) is 0 Å². The van der Waals surface area contributed by atoms with Crippen LogP contribution in [0.1, 0.15) is 19.3 Å². The van der Waals surface area contributed by atoms with E-state index in [1.807, 2.05) is 24.3 Å². The normalized spacial score (nSPS) is 15.8. The van der Waals surface area contributed by atoms with Crippen LogP contribution in [0.5, 0.6) is 11.5 Å². The first-order chi connectivity index (χ1) is 9.19. The maximum absolute atomic E-state index is 11.3. The van der Waals surface area contributed by atoms with Gasteiger partial charge < -0.3 is 20.5 Å². The molecule has 1 amide bonds. The Hall–Kier alpha value is -1.75. The summed E-state index contributed by atoms with van der Waals surface area (Å²) in [4.78, 5) is 11.3. The Morgan fingerprint density at radius 2 is 2.00 bits per heavy atom. The zero-order valence-electron chi connectivity index (χ0n) is 11.1. The van der Waals surface area contributed by atoms with Gasteiger partial charge in [0.25, 0.3) is 0 Å². The van der Waals surface area contributed by atoms with Gasteiger partial charge in [-0.15, -0.1) is 0 Å². The summed E-state index contributed by atoms with van der Waals surface area (Å²) in [5.41, 5.74) is 5.36. The van der Waals surface area contributed by atoms with E-state index in [9.17, 15) is 4.79 Å². The molecule has 2 rings (SSSR count). The molecule has 0 saturated heterocycles. The average molecular weight is 264 g/mol. The van der Waals surface area contributed by atoms with Crippen molar-refractivity contribution in [3.8, 4) is 11.5 Å². The van der Waals surface area contributed by atoms with Crippen molar-refractivity contribution in [2.75, 3.05) is 13.7 Å². The summed E-state index contributed by atoms with van der Waals surface area (Å²) < 4.78 is 10.7. The summed E-state index contributed by atoms with van der Waals surface area (Å²) in [5, 5.41) is 3.22. The number of primary amides is 1. The van der Waals surface area contributed by atoms with E-state index in [0.29, 0.717) is 19.1 Å². The smallest absolute Gasteiger partial charge is 0.234 e. The van der Waals surface area contributed by atoms with Gasteiger partial charge >= 0.3 is 0 Å². The molecule has 1 aromatic rings. The molecule has 1 saturated carbocycles. The number of amides is 1. The number of rotatable bonds is 8. The van der Waals surface area contributed by atoms with Crippen LogP contribution in [0, 0.1) is 0 Å². The number of benzene rings is 1. The fraction of sp³-hybridized carbons (Fsp3) is 0.500. The molecule has 0 aliphatic heterocycles. The van der Waals surface area contributed by atoms with Crippen LogP contribution in [0.2, 0.25) is 0 Å². The van der Waals surface area contributed by atoms with Gasteiger partial charge in [0.2, 0.25) is 5.91 Å². The average Bonchev–Trinajstić information content (AvgIpc) is 3.22. The Balaban J connectivity index is 1.75. The molecular formula is C14H20N2O3. The largest absolute Gasteiger partial charge is 0.497 e. The third-order valence-electron chi connectivity index (χ3n) is 3.09. The Kier molecular flexibility index (Phi) is 4.63. The van der Waals surface area contributed by atoms with Crippen LogP contribution in [0.15, 0.2) is 24.3 Å².